The standard InChI is InChI=1S/C11H10N4/c1-8-9-5-3-7-15(9)10-4-2-6-12-11(10)14-13-8/h2-7H,1H3,(H,12,14). The molecule has 0 fully saturated rings. The van der Waals surface area contributed by atoms with Gasteiger partial charge in [-0.1, -0.05) is 0 Å². The third kappa shape index (κ3) is 1.15. The Morgan fingerprint density at radius 3 is 3.13 bits per heavy atom. The van der Waals surface area contributed by atoms with Gasteiger partial charge in [-0.3, -0.25) is 5.43 Å². The highest BCUT2D eigenvalue weighted by molar-refractivity contribution is 5.99. The monoisotopic (exact) mass is 198 g/mol. The van der Waals surface area contributed by atoms with Gasteiger partial charge in [0.2, 0.25) is 0 Å². The lowest BCUT2D eigenvalue weighted by atomic mass is 10.3. The highest BCUT2D eigenvalue weighted by Crippen LogP contribution is 2.22. The van der Waals surface area contributed by atoms with E-state index in [4.69, 9.17) is 0 Å². The number of rotatable bonds is 0. The average molecular weight is 198 g/mol. The zero-order valence-electron chi connectivity index (χ0n) is 8.31. The number of nitrogens with zero attached hydrogens (tertiary/aromatic N) is 3. The van der Waals surface area contributed by atoms with Crippen LogP contribution in [0.25, 0.3) is 5.69 Å². The quantitative estimate of drug-likeness (QED) is 0.703. The Morgan fingerprint density at radius 2 is 2.20 bits per heavy atom. The maximum atomic E-state index is 4.26. The first-order chi connectivity index (χ1) is 7.36. The van der Waals surface area contributed by atoms with Gasteiger partial charge in [0, 0.05) is 12.4 Å². The van der Waals surface area contributed by atoms with Gasteiger partial charge < -0.3 is 4.57 Å². The lowest BCUT2D eigenvalue weighted by molar-refractivity contribution is 1.05. The Bertz CT molecular complexity index is 539. The number of anilines is 1. The van der Waals surface area contributed by atoms with Gasteiger partial charge in [-0.15, -0.1) is 0 Å². The minimum Gasteiger partial charge on any atom is -0.312 e. The Hall–Kier alpha value is -2.10. The molecule has 3 heterocycles. The van der Waals surface area contributed by atoms with E-state index in [1.54, 1.807) is 6.20 Å². The van der Waals surface area contributed by atoms with Crippen molar-refractivity contribution in [2.24, 2.45) is 5.10 Å². The fraction of sp³-hybridized carbons (Fsp3) is 0.0909. The lowest BCUT2D eigenvalue weighted by Crippen LogP contribution is -2.02. The summed E-state index contributed by atoms with van der Waals surface area (Å²) in [4.78, 5) is 4.25. The van der Waals surface area contributed by atoms with Crippen LogP contribution in [-0.4, -0.2) is 15.3 Å². The molecule has 0 saturated carbocycles. The van der Waals surface area contributed by atoms with E-state index in [2.05, 4.69) is 20.1 Å². The first kappa shape index (κ1) is 8.23. The van der Waals surface area contributed by atoms with Crippen molar-refractivity contribution in [3.63, 3.8) is 0 Å². The number of hydrazone groups is 1. The molecule has 4 nitrogen and oxygen atoms in total. The van der Waals surface area contributed by atoms with Crippen LogP contribution in [0.15, 0.2) is 41.8 Å². The van der Waals surface area contributed by atoms with Crippen LogP contribution in [0.2, 0.25) is 0 Å². The molecular formula is C11H10N4. The molecule has 15 heavy (non-hydrogen) atoms. The summed E-state index contributed by atoms with van der Waals surface area (Å²) < 4.78 is 2.08. The van der Waals surface area contributed by atoms with Gasteiger partial charge in [0.1, 0.15) is 0 Å². The fourth-order valence-corrected chi connectivity index (χ4v) is 1.76. The number of pyridine rings is 1. The zero-order valence-corrected chi connectivity index (χ0v) is 8.31. The summed E-state index contributed by atoms with van der Waals surface area (Å²) in [6.07, 6.45) is 3.77. The van der Waals surface area contributed by atoms with Crippen molar-refractivity contribution in [3.8, 4) is 5.69 Å². The number of hydrogen-bond acceptors (Lipinski definition) is 3. The number of aromatic nitrogens is 2. The molecule has 0 amide bonds. The first-order valence-electron chi connectivity index (χ1n) is 4.80. The Morgan fingerprint density at radius 1 is 1.27 bits per heavy atom. The van der Waals surface area contributed by atoms with Crippen molar-refractivity contribution in [2.45, 2.75) is 6.92 Å². The van der Waals surface area contributed by atoms with Crippen LogP contribution in [-0.2, 0) is 0 Å². The summed E-state index contributed by atoms with van der Waals surface area (Å²) in [5, 5.41) is 4.26. The Balaban J connectivity index is 2.33. The molecule has 0 aromatic carbocycles. The third-order valence-corrected chi connectivity index (χ3v) is 2.49. The molecule has 3 rings (SSSR count). The maximum Gasteiger partial charge on any atom is 0.170 e. The van der Waals surface area contributed by atoms with E-state index in [1.807, 2.05) is 37.4 Å². The second kappa shape index (κ2) is 2.95. The molecule has 0 saturated heterocycles. The van der Waals surface area contributed by atoms with Gasteiger partial charge in [-0.25, -0.2) is 4.98 Å². The molecule has 1 aliphatic heterocycles. The summed E-state index contributed by atoms with van der Waals surface area (Å²) in [5.74, 6) is 0.784. The van der Waals surface area contributed by atoms with E-state index in [1.165, 1.54) is 0 Å². The highest BCUT2D eigenvalue weighted by Gasteiger charge is 2.13. The predicted molar refractivity (Wildman–Crippen MR) is 59.4 cm³/mol. The molecule has 74 valence electrons. The van der Waals surface area contributed by atoms with E-state index in [0.29, 0.717) is 0 Å². The van der Waals surface area contributed by atoms with Crippen molar-refractivity contribution in [1.82, 2.24) is 9.55 Å². The van der Waals surface area contributed by atoms with Crippen molar-refractivity contribution in [3.05, 3.63) is 42.4 Å². The Kier molecular flexibility index (Phi) is 1.62. The van der Waals surface area contributed by atoms with Crippen molar-refractivity contribution in [2.75, 3.05) is 5.43 Å². The molecular weight excluding hydrogens is 188 g/mol. The maximum absolute atomic E-state index is 4.26. The van der Waals surface area contributed by atoms with Gasteiger partial charge >= 0.3 is 0 Å². The molecule has 1 aliphatic rings. The van der Waals surface area contributed by atoms with Crippen LogP contribution in [0.1, 0.15) is 12.6 Å². The van der Waals surface area contributed by atoms with E-state index in [-0.39, 0.29) is 0 Å². The van der Waals surface area contributed by atoms with Gasteiger partial charge in [0.15, 0.2) is 5.82 Å². The van der Waals surface area contributed by atoms with Gasteiger partial charge in [-0.2, -0.15) is 5.10 Å². The van der Waals surface area contributed by atoms with Crippen molar-refractivity contribution in [1.29, 1.82) is 0 Å². The molecule has 1 N–H and O–H groups in total. The van der Waals surface area contributed by atoms with Gasteiger partial charge in [0.25, 0.3) is 0 Å². The second-order valence-corrected chi connectivity index (χ2v) is 3.44. The average Bonchev–Trinajstić information content (AvgIpc) is 2.71. The van der Waals surface area contributed by atoms with E-state index < -0.39 is 0 Å². The molecule has 0 unspecified atom stereocenters. The number of nitrogens with one attached hydrogen (secondary N) is 1. The second-order valence-electron chi connectivity index (χ2n) is 3.44. The molecule has 2 aromatic rings. The highest BCUT2D eigenvalue weighted by atomic mass is 15.3. The normalized spacial score (nSPS) is 13.3. The molecule has 0 bridgehead atoms. The van der Waals surface area contributed by atoms with Crippen LogP contribution in [0.4, 0.5) is 5.82 Å². The predicted octanol–water partition coefficient (Wildman–Crippen LogP) is 2.02. The minimum absolute atomic E-state index is 0.784. The van der Waals surface area contributed by atoms with Crippen LogP contribution in [0.3, 0.4) is 0 Å². The third-order valence-electron chi connectivity index (χ3n) is 2.49. The van der Waals surface area contributed by atoms with E-state index in [9.17, 15) is 0 Å². The molecule has 4 heteroatoms. The first-order valence-corrected chi connectivity index (χ1v) is 4.80. The van der Waals surface area contributed by atoms with Crippen LogP contribution in [0, 0.1) is 0 Å². The van der Waals surface area contributed by atoms with Crippen LogP contribution in [0.5, 0.6) is 0 Å². The lowest BCUT2D eigenvalue weighted by Gasteiger charge is -2.07. The smallest absolute Gasteiger partial charge is 0.170 e. The van der Waals surface area contributed by atoms with E-state index in [0.717, 1.165) is 22.9 Å². The molecule has 0 aliphatic carbocycles. The SMILES string of the molecule is CC1=NNc2ncccc2-n2cccc21. The summed E-state index contributed by atoms with van der Waals surface area (Å²) >= 11 is 0. The van der Waals surface area contributed by atoms with E-state index >= 15 is 0 Å². The molecule has 0 atom stereocenters. The Labute approximate surface area is 87.3 Å². The topological polar surface area (TPSA) is 42.2 Å². The zero-order chi connectivity index (χ0) is 10.3. The number of hydrogen-bond donors (Lipinski definition) is 1. The molecule has 0 spiro atoms. The van der Waals surface area contributed by atoms with Gasteiger partial charge in [-0.05, 0) is 31.2 Å². The van der Waals surface area contributed by atoms with Crippen molar-refractivity contribution < 1.29 is 0 Å². The molecule has 0 radical (unpaired) electrons. The van der Waals surface area contributed by atoms with Gasteiger partial charge in [0.05, 0.1) is 17.1 Å². The molecule has 2 aromatic heterocycles. The summed E-state index contributed by atoms with van der Waals surface area (Å²) in [6.45, 7) is 1.98. The summed E-state index contributed by atoms with van der Waals surface area (Å²) in [6, 6.07) is 8.00. The van der Waals surface area contributed by atoms with Crippen molar-refractivity contribution >= 4 is 11.5 Å². The minimum atomic E-state index is 0.784. The van der Waals surface area contributed by atoms with Crippen LogP contribution < -0.4 is 5.43 Å². The summed E-state index contributed by atoms with van der Waals surface area (Å²) in [5.41, 5.74) is 6.04. The largest absolute Gasteiger partial charge is 0.312 e. The fourth-order valence-electron chi connectivity index (χ4n) is 1.76. The number of fused-ring (bicyclic) bond motifs is 3. The van der Waals surface area contributed by atoms with Crippen LogP contribution >= 0.6 is 0 Å². The summed E-state index contributed by atoms with van der Waals surface area (Å²) in [7, 11) is 0.